The van der Waals surface area contributed by atoms with Crippen LogP contribution < -0.4 is 5.32 Å². The molecule has 0 radical (unpaired) electrons. The molecule has 0 aromatic carbocycles. The van der Waals surface area contributed by atoms with Crippen molar-refractivity contribution < 1.29 is 14.3 Å². The Morgan fingerprint density at radius 1 is 1.44 bits per heavy atom. The van der Waals surface area contributed by atoms with E-state index < -0.39 is 5.97 Å². The number of hydrogen-bond acceptors (Lipinski definition) is 4. The van der Waals surface area contributed by atoms with Crippen molar-refractivity contribution in [3.05, 3.63) is 18.0 Å². The fraction of sp³-hybridized carbons (Fsp3) is 0.583. The third-order valence-corrected chi connectivity index (χ3v) is 1.96. The van der Waals surface area contributed by atoms with Gasteiger partial charge in [-0.1, -0.05) is 0 Å². The minimum absolute atomic E-state index is 0.0800. The van der Waals surface area contributed by atoms with E-state index in [0.29, 0.717) is 12.2 Å². The van der Waals surface area contributed by atoms with Gasteiger partial charge in [-0.05, 0) is 27.7 Å². The maximum atomic E-state index is 11.6. The van der Waals surface area contributed by atoms with E-state index >= 15 is 0 Å². The lowest BCUT2D eigenvalue weighted by molar-refractivity contribution is -0.123. The number of esters is 1. The molecule has 0 aliphatic carbocycles. The summed E-state index contributed by atoms with van der Waals surface area (Å²) in [7, 11) is 0. The Hall–Kier alpha value is -1.85. The van der Waals surface area contributed by atoms with Gasteiger partial charge in [0.1, 0.15) is 6.54 Å². The zero-order chi connectivity index (χ0) is 13.8. The third-order valence-electron chi connectivity index (χ3n) is 1.96. The van der Waals surface area contributed by atoms with E-state index in [1.807, 2.05) is 20.8 Å². The highest BCUT2D eigenvalue weighted by atomic mass is 16.5. The Morgan fingerprint density at radius 3 is 2.67 bits per heavy atom. The first-order valence-corrected chi connectivity index (χ1v) is 5.82. The van der Waals surface area contributed by atoms with Crippen LogP contribution in [0.3, 0.4) is 0 Å². The van der Waals surface area contributed by atoms with Crippen molar-refractivity contribution in [1.29, 1.82) is 0 Å². The largest absolute Gasteiger partial charge is 0.462 e. The Morgan fingerprint density at radius 2 is 2.11 bits per heavy atom. The van der Waals surface area contributed by atoms with Gasteiger partial charge in [-0.15, -0.1) is 0 Å². The second kappa shape index (κ2) is 5.66. The van der Waals surface area contributed by atoms with Gasteiger partial charge in [-0.25, -0.2) is 4.79 Å². The van der Waals surface area contributed by atoms with E-state index in [2.05, 4.69) is 10.4 Å². The summed E-state index contributed by atoms with van der Waals surface area (Å²) in [6, 6.07) is 0. The van der Waals surface area contributed by atoms with Gasteiger partial charge in [-0.2, -0.15) is 5.10 Å². The van der Waals surface area contributed by atoms with Crippen LogP contribution in [0.1, 0.15) is 38.1 Å². The highest BCUT2D eigenvalue weighted by molar-refractivity contribution is 5.88. The summed E-state index contributed by atoms with van der Waals surface area (Å²) in [6.45, 7) is 7.83. The first-order chi connectivity index (χ1) is 8.31. The van der Waals surface area contributed by atoms with Crippen LogP contribution in [-0.2, 0) is 16.1 Å². The number of ether oxygens (including phenoxy) is 1. The number of nitrogens with zero attached hydrogens (tertiary/aromatic N) is 2. The molecule has 0 aliphatic heterocycles. The van der Waals surface area contributed by atoms with E-state index in [1.54, 1.807) is 6.92 Å². The second-order valence-corrected chi connectivity index (χ2v) is 4.95. The number of aromatic nitrogens is 2. The van der Waals surface area contributed by atoms with Crippen molar-refractivity contribution in [3.8, 4) is 0 Å². The van der Waals surface area contributed by atoms with Crippen LogP contribution in [0.25, 0.3) is 0 Å². The SMILES string of the molecule is CCOC(=O)c1cnn(CC(=O)NC(C)(C)C)c1. The summed E-state index contributed by atoms with van der Waals surface area (Å²) < 4.78 is 6.24. The van der Waals surface area contributed by atoms with E-state index in [9.17, 15) is 9.59 Å². The zero-order valence-electron chi connectivity index (χ0n) is 11.2. The third kappa shape index (κ3) is 4.57. The normalized spacial score (nSPS) is 11.1. The first kappa shape index (κ1) is 14.2. The lowest BCUT2D eigenvalue weighted by Crippen LogP contribution is -2.42. The van der Waals surface area contributed by atoms with Crippen LogP contribution in [0.4, 0.5) is 0 Å². The summed E-state index contributed by atoms with van der Waals surface area (Å²) in [5.41, 5.74) is 0.0641. The van der Waals surface area contributed by atoms with Crippen molar-refractivity contribution in [2.75, 3.05) is 6.61 Å². The summed E-state index contributed by atoms with van der Waals surface area (Å²) >= 11 is 0. The molecule has 6 heteroatoms. The lowest BCUT2D eigenvalue weighted by Gasteiger charge is -2.20. The van der Waals surface area contributed by atoms with Gasteiger partial charge in [0.25, 0.3) is 0 Å². The Balaban J connectivity index is 2.59. The predicted octanol–water partition coefficient (Wildman–Crippen LogP) is 0.974. The Kier molecular flexibility index (Phi) is 4.47. The van der Waals surface area contributed by atoms with Gasteiger partial charge in [-0.3, -0.25) is 9.48 Å². The minimum atomic E-state index is -0.431. The van der Waals surface area contributed by atoms with Crippen LogP contribution in [0, 0.1) is 0 Å². The molecule has 0 fully saturated rings. The summed E-state index contributed by atoms with van der Waals surface area (Å²) in [5, 5.41) is 6.76. The molecule has 0 aliphatic rings. The molecule has 0 unspecified atom stereocenters. The average Bonchev–Trinajstić information content (AvgIpc) is 2.63. The van der Waals surface area contributed by atoms with Crippen molar-refractivity contribution in [2.24, 2.45) is 0 Å². The van der Waals surface area contributed by atoms with Gasteiger partial charge in [0, 0.05) is 11.7 Å². The molecule has 18 heavy (non-hydrogen) atoms. The van der Waals surface area contributed by atoms with Crippen LogP contribution in [0.5, 0.6) is 0 Å². The predicted molar refractivity (Wildman–Crippen MR) is 66.1 cm³/mol. The average molecular weight is 253 g/mol. The molecule has 1 N–H and O–H groups in total. The van der Waals surface area contributed by atoms with Crippen molar-refractivity contribution in [3.63, 3.8) is 0 Å². The van der Waals surface area contributed by atoms with Gasteiger partial charge in [0.05, 0.1) is 18.4 Å². The maximum absolute atomic E-state index is 11.6. The van der Waals surface area contributed by atoms with Crippen LogP contribution in [0.2, 0.25) is 0 Å². The lowest BCUT2D eigenvalue weighted by atomic mass is 10.1. The molecule has 1 aromatic heterocycles. The molecule has 0 spiro atoms. The molecular weight excluding hydrogens is 234 g/mol. The first-order valence-electron chi connectivity index (χ1n) is 5.82. The summed E-state index contributed by atoms with van der Waals surface area (Å²) in [4.78, 5) is 23.0. The molecular formula is C12H19N3O3. The second-order valence-electron chi connectivity index (χ2n) is 4.95. The number of carbonyl (C=O) groups excluding carboxylic acids is 2. The Labute approximate surface area is 106 Å². The van der Waals surface area contributed by atoms with Gasteiger partial charge in [0.2, 0.25) is 5.91 Å². The fourth-order valence-electron chi connectivity index (χ4n) is 1.37. The number of carbonyl (C=O) groups is 2. The molecule has 1 aromatic rings. The van der Waals surface area contributed by atoms with Crippen molar-refractivity contribution in [2.45, 2.75) is 39.8 Å². The minimum Gasteiger partial charge on any atom is -0.462 e. The van der Waals surface area contributed by atoms with Crippen LogP contribution >= 0.6 is 0 Å². The van der Waals surface area contributed by atoms with E-state index in [1.165, 1.54) is 17.1 Å². The van der Waals surface area contributed by atoms with Gasteiger partial charge < -0.3 is 10.1 Å². The van der Waals surface area contributed by atoms with Crippen LogP contribution in [-0.4, -0.2) is 33.8 Å². The van der Waals surface area contributed by atoms with Crippen molar-refractivity contribution >= 4 is 11.9 Å². The smallest absolute Gasteiger partial charge is 0.341 e. The highest BCUT2D eigenvalue weighted by Gasteiger charge is 2.15. The van der Waals surface area contributed by atoms with Crippen molar-refractivity contribution in [1.82, 2.24) is 15.1 Å². The quantitative estimate of drug-likeness (QED) is 0.812. The maximum Gasteiger partial charge on any atom is 0.341 e. The number of amides is 1. The molecule has 0 saturated carbocycles. The number of hydrogen-bond donors (Lipinski definition) is 1. The van der Waals surface area contributed by atoms with Crippen LogP contribution in [0.15, 0.2) is 12.4 Å². The molecule has 0 bridgehead atoms. The molecule has 6 nitrogen and oxygen atoms in total. The molecule has 1 rings (SSSR count). The van der Waals surface area contributed by atoms with E-state index in [4.69, 9.17) is 4.74 Å². The van der Waals surface area contributed by atoms with E-state index in [-0.39, 0.29) is 18.0 Å². The number of nitrogens with one attached hydrogen (secondary N) is 1. The topological polar surface area (TPSA) is 73.2 Å². The molecule has 100 valence electrons. The van der Waals surface area contributed by atoms with E-state index in [0.717, 1.165) is 0 Å². The molecule has 0 atom stereocenters. The summed E-state index contributed by atoms with van der Waals surface area (Å²) in [6.07, 6.45) is 2.89. The molecule has 0 saturated heterocycles. The highest BCUT2D eigenvalue weighted by Crippen LogP contribution is 2.02. The van der Waals surface area contributed by atoms with Gasteiger partial charge >= 0.3 is 5.97 Å². The zero-order valence-corrected chi connectivity index (χ0v) is 11.2. The Bertz CT molecular complexity index is 432. The molecule has 1 amide bonds. The summed E-state index contributed by atoms with van der Waals surface area (Å²) in [5.74, 6) is -0.582. The van der Waals surface area contributed by atoms with Gasteiger partial charge in [0.15, 0.2) is 0 Å². The fourth-order valence-corrected chi connectivity index (χ4v) is 1.37. The number of rotatable bonds is 4. The standard InChI is InChI=1S/C12H19N3O3/c1-5-18-11(17)9-6-13-15(7-9)8-10(16)14-12(2,3)4/h6-7H,5,8H2,1-4H3,(H,14,16). The monoisotopic (exact) mass is 253 g/mol. The molecule has 1 heterocycles.